The van der Waals surface area contributed by atoms with E-state index in [0.717, 1.165) is 17.7 Å². The molecule has 0 bridgehead atoms. The van der Waals surface area contributed by atoms with Crippen LogP contribution < -0.4 is 5.32 Å². The molecule has 104 valence electrons. The van der Waals surface area contributed by atoms with Crippen LogP contribution in [0.4, 0.5) is 10.1 Å². The Labute approximate surface area is 129 Å². The van der Waals surface area contributed by atoms with E-state index in [1.54, 1.807) is 23.5 Å². The van der Waals surface area contributed by atoms with Crippen LogP contribution in [0, 0.1) is 5.82 Å². The molecule has 3 rings (SSSR count). The van der Waals surface area contributed by atoms with Crippen LogP contribution in [0.25, 0.3) is 0 Å². The summed E-state index contributed by atoms with van der Waals surface area (Å²) in [5.41, 5.74) is 1.90. The highest BCUT2D eigenvalue weighted by molar-refractivity contribution is 9.10. The highest BCUT2D eigenvalue weighted by Gasteiger charge is 2.17. The zero-order valence-corrected chi connectivity index (χ0v) is 13.1. The minimum absolute atomic E-state index is 0.122. The standard InChI is InChI=1S/C15H13BrFNOS/c16-11-8-10(5-6-12(11)17)18-15(19)14-7-9-3-1-2-4-13(9)20-14/h5-8H,1-4H2,(H,18,19). The van der Waals surface area contributed by atoms with Gasteiger partial charge in [-0.05, 0) is 71.4 Å². The molecule has 5 heteroatoms. The minimum Gasteiger partial charge on any atom is -0.321 e. The van der Waals surface area contributed by atoms with E-state index in [0.29, 0.717) is 10.2 Å². The quantitative estimate of drug-likeness (QED) is 0.826. The highest BCUT2D eigenvalue weighted by Crippen LogP contribution is 2.30. The summed E-state index contributed by atoms with van der Waals surface area (Å²) < 4.78 is 13.5. The van der Waals surface area contributed by atoms with Crippen molar-refractivity contribution < 1.29 is 9.18 Å². The fourth-order valence-corrected chi connectivity index (χ4v) is 3.90. The average Bonchev–Trinajstić information content (AvgIpc) is 2.87. The van der Waals surface area contributed by atoms with Crippen LogP contribution in [-0.2, 0) is 12.8 Å². The molecule has 1 heterocycles. The maximum atomic E-state index is 13.2. The fourth-order valence-electron chi connectivity index (χ4n) is 2.37. The topological polar surface area (TPSA) is 29.1 Å². The third-order valence-electron chi connectivity index (χ3n) is 3.40. The lowest BCUT2D eigenvalue weighted by Crippen LogP contribution is -2.10. The van der Waals surface area contributed by atoms with Crippen LogP contribution in [-0.4, -0.2) is 5.91 Å². The summed E-state index contributed by atoms with van der Waals surface area (Å²) in [5, 5.41) is 2.81. The predicted octanol–water partition coefficient (Wildman–Crippen LogP) is 4.78. The summed E-state index contributed by atoms with van der Waals surface area (Å²) in [4.78, 5) is 14.3. The van der Waals surface area contributed by atoms with Gasteiger partial charge < -0.3 is 5.32 Å². The van der Waals surface area contributed by atoms with Crippen LogP contribution in [0.5, 0.6) is 0 Å². The number of thiophene rings is 1. The SMILES string of the molecule is O=C(Nc1ccc(F)c(Br)c1)c1cc2c(s1)CCCC2. The lowest BCUT2D eigenvalue weighted by Gasteiger charge is -2.08. The van der Waals surface area contributed by atoms with Gasteiger partial charge >= 0.3 is 0 Å². The van der Waals surface area contributed by atoms with Gasteiger partial charge in [-0.3, -0.25) is 4.79 Å². The molecular formula is C15H13BrFNOS. The molecule has 0 radical (unpaired) electrons. The summed E-state index contributed by atoms with van der Waals surface area (Å²) in [6.07, 6.45) is 4.56. The molecule has 1 aliphatic carbocycles. The third kappa shape index (κ3) is 2.79. The first-order chi connectivity index (χ1) is 9.63. The van der Waals surface area contributed by atoms with Gasteiger partial charge in [-0.15, -0.1) is 11.3 Å². The van der Waals surface area contributed by atoms with Crippen molar-refractivity contribution in [2.75, 3.05) is 5.32 Å². The number of nitrogens with one attached hydrogen (secondary N) is 1. The third-order valence-corrected chi connectivity index (χ3v) is 5.24. The average molecular weight is 354 g/mol. The van der Waals surface area contributed by atoms with Crippen LogP contribution in [0.3, 0.4) is 0 Å². The molecule has 0 aliphatic heterocycles. The molecule has 0 saturated carbocycles. The second-order valence-electron chi connectivity index (χ2n) is 4.85. The molecule has 2 aromatic rings. The molecule has 0 spiro atoms. The molecule has 1 N–H and O–H groups in total. The number of carbonyl (C=O) groups excluding carboxylic acids is 1. The smallest absolute Gasteiger partial charge is 0.265 e. The van der Waals surface area contributed by atoms with Crippen molar-refractivity contribution in [2.45, 2.75) is 25.7 Å². The van der Waals surface area contributed by atoms with E-state index < -0.39 is 0 Å². The monoisotopic (exact) mass is 353 g/mol. The van der Waals surface area contributed by atoms with Crippen molar-refractivity contribution in [1.82, 2.24) is 0 Å². The summed E-state index contributed by atoms with van der Waals surface area (Å²) >= 11 is 4.69. The van der Waals surface area contributed by atoms with Gasteiger partial charge in [0.15, 0.2) is 0 Å². The van der Waals surface area contributed by atoms with Gasteiger partial charge in [-0.25, -0.2) is 4.39 Å². The van der Waals surface area contributed by atoms with Crippen molar-refractivity contribution in [3.05, 3.63) is 49.9 Å². The van der Waals surface area contributed by atoms with E-state index >= 15 is 0 Å². The number of hydrogen-bond acceptors (Lipinski definition) is 2. The first-order valence-corrected chi connectivity index (χ1v) is 8.12. The Balaban J connectivity index is 1.78. The predicted molar refractivity (Wildman–Crippen MR) is 83.0 cm³/mol. The Bertz CT molecular complexity index is 644. The molecule has 0 fully saturated rings. The number of fused-ring (bicyclic) bond motifs is 1. The Morgan fingerprint density at radius 3 is 2.80 bits per heavy atom. The number of amides is 1. The number of benzene rings is 1. The highest BCUT2D eigenvalue weighted by atomic mass is 79.9. The second-order valence-corrected chi connectivity index (χ2v) is 6.84. The molecule has 1 aromatic carbocycles. The molecule has 0 unspecified atom stereocenters. The fraction of sp³-hybridized carbons (Fsp3) is 0.267. The van der Waals surface area contributed by atoms with Crippen LogP contribution in [0.2, 0.25) is 0 Å². The Hall–Kier alpha value is -1.20. The van der Waals surface area contributed by atoms with Gasteiger partial charge in [0.2, 0.25) is 0 Å². The van der Waals surface area contributed by atoms with Gasteiger partial charge in [0, 0.05) is 10.6 Å². The lowest BCUT2D eigenvalue weighted by atomic mass is 9.99. The molecule has 2 nitrogen and oxygen atoms in total. The van der Waals surface area contributed by atoms with Gasteiger partial charge in [0.25, 0.3) is 5.91 Å². The van der Waals surface area contributed by atoms with Crippen LogP contribution in [0.15, 0.2) is 28.7 Å². The summed E-state index contributed by atoms with van der Waals surface area (Å²) in [6.45, 7) is 0. The number of carbonyl (C=O) groups is 1. The van der Waals surface area contributed by atoms with E-state index in [4.69, 9.17) is 0 Å². The summed E-state index contributed by atoms with van der Waals surface area (Å²) in [7, 11) is 0. The largest absolute Gasteiger partial charge is 0.321 e. The van der Waals surface area contributed by atoms with Gasteiger partial charge in [0.05, 0.1) is 9.35 Å². The van der Waals surface area contributed by atoms with E-state index in [9.17, 15) is 9.18 Å². The zero-order chi connectivity index (χ0) is 14.1. The number of aryl methyl sites for hydroxylation is 2. The van der Waals surface area contributed by atoms with Gasteiger partial charge in [-0.2, -0.15) is 0 Å². The maximum absolute atomic E-state index is 13.2. The zero-order valence-electron chi connectivity index (χ0n) is 10.7. The molecule has 0 saturated heterocycles. The molecule has 1 aliphatic rings. The molecular weight excluding hydrogens is 341 g/mol. The first-order valence-electron chi connectivity index (χ1n) is 6.51. The van der Waals surface area contributed by atoms with Crippen LogP contribution in [0.1, 0.15) is 33.0 Å². The normalized spacial score (nSPS) is 13.9. The van der Waals surface area contributed by atoms with Crippen LogP contribution >= 0.6 is 27.3 Å². The Morgan fingerprint density at radius 1 is 1.25 bits per heavy atom. The molecule has 20 heavy (non-hydrogen) atoms. The number of hydrogen-bond donors (Lipinski definition) is 1. The van der Waals surface area contributed by atoms with Crippen molar-refractivity contribution in [3.63, 3.8) is 0 Å². The lowest BCUT2D eigenvalue weighted by molar-refractivity contribution is 0.103. The first kappa shape index (κ1) is 13.8. The summed E-state index contributed by atoms with van der Waals surface area (Å²) in [5.74, 6) is -0.461. The van der Waals surface area contributed by atoms with E-state index in [-0.39, 0.29) is 11.7 Å². The summed E-state index contributed by atoms with van der Waals surface area (Å²) in [6, 6.07) is 6.46. The number of halogens is 2. The van der Waals surface area contributed by atoms with Crippen molar-refractivity contribution in [3.8, 4) is 0 Å². The Kier molecular flexibility index (Phi) is 3.89. The minimum atomic E-state index is -0.338. The van der Waals surface area contributed by atoms with Crippen molar-refractivity contribution >= 4 is 38.9 Å². The number of rotatable bonds is 2. The van der Waals surface area contributed by atoms with Gasteiger partial charge in [-0.1, -0.05) is 0 Å². The van der Waals surface area contributed by atoms with E-state index in [1.165, 1.54) is 29.3 Å². The maximum Gasteiger partial charge on any atom is 0.265 e. The van der Waals surface area contributed by atoms with Gasteiger partial charge in [0.1, 0.15) is 5.82 Å². The Morgan fingerprint density at radius 2 is 2.05 bits per heavy atom. The van der Waals surface area contributed by atoms with E-state index in [1.807, 2.05) is 6.07 Å². The second kappa shape index (κ2) is 5.66. The van der Waals surface area contributed by atoms with Crippen molar-refractivity contribution in [1.29, 1.82) is 0 Å². The van der Waals surface area contributed by atoms with E-state index in [2.05, 4.69) is 21.2 Å². The van der Waals surface area contributed by atoms with Crippen molar-refractivity contribution in [2.24, 2.45) is 0 Å². The molecule has 0 atom stereocenters. The molecule has 1 aromatic heterocycles. The molecule has 1 amide bonds. The number of anilines is 1.